The van der Waals surface area contributed by atoms with Crippen molar-refractivity contribution in [3.63, 3.8) is 0 Å². The zero-order valence-corrected chi connectivity index (χ0v) is 11.7. The first-order valence-corrected chi connectivity index (χ1v) is 6.44. The highest BCUT2D eigenvalue weighted by atomic mass is 16.5. The third-order valence-corrected chi connectivity index (χ3v) is 3.36. The molecule has 1 N–H and O–H groups in total. The average molecular weight is 246 g/mol. The molecule has 1 heterocycles. The van der Waals surface area contributed by atoms with Crippen LogP contribution >= 0.6 is 0 Å². The molecule has 0 saturated heterocycles. The SMILES string of the molecule is CNCCCc1cn(C)c2c(OC)cc(C)cc12. The summed E-state index contributed by atoms with van der Waals surface area (Å²) in [5.74, 6) is 0.965. The van der Waals surface area contributed by atoms with Gasteiger partial charge in [0.1, 0.15) is 5.75 Å². The van der Waals surface area contributed by atoms with Crippen molar-refractivity contribution in [1.29, 1.82) is 0 Å². The van der Waals surface area contributed by atoms with Gasteiger partial charge in [-0.3, -0.25) is 0 Å². The van der Waals surface area contributed by atoms with E-state index in [4.69, 9.17) is 4.74 Å². The quantitative estimate of drug-likeness (QED) is 0.821. The van der Waals surface area contributed by atoms with Gasteiger partial charge in [-0.25, -0.2) is 0 Å². The molecule has 0 aliphatic carbocycles. The lowest BCUT2D eigenvalue weighted by molar-refractivity contribution is 0.417. The Morgan fingerprint density at radius 2 is 2.11 bits per heavy atom. The van der Waals surface area contributed by atoms with Crippen molar-refractivity contribution >= 4 is 10.9 Å². The number of aromatic nitrogens is 1. The summed E-state index contributed by atoms with van der Waals surface area (Å²) in [4.78, 5) is 0. The third-order valence-electron chi connectivity index (χ3n) is 3.36. The molecule has 3 heteroatoms. The molecule has 2 rings (SSSR count). The van der Waals surface area contributed by atoms with E-state index in [0.29, 0.717) is 0 Å². The number of methoxy groups -OCH3 is 1. The van der Waals surface area contributed by atoms with Crippen molar-refractivity contribution in [3.05, 3.63) is 29.5 Å². The van der Waals surface area contributed by atoms with Crippen molar-refractivity contribution in [2.75, 3.05) is 20.7 Å². The van der Waals surface area contributed by atoms with E-state index in [1.165, 1.54) is 22.0 Å². The monoisotopic (exact) mass is 246 g/mol. The third kappa shape index (κ3) is 2.36. The molecule has 0 aliphatic rings. The van der Waals surface area contributed by atoms with Crippen LogP contribution in [-0.4, -0.2) is 25.3 Å². The lowest BCUT2D eigenvalue weighted by Crippen LogP contribution is -2.08. The Labute approximate surface area is 109 Å². The molecular weight excluding hydrogens is 224 g/mol. The Bertz CT molecular complexity index is 543. The predicted octanol–water partition coefficient (Wildman–Crippen LogP) is 2.65. The van der Waals surface area contributed by atoms with Crippen molar-refractivity contribution in [3.8, 4) is 5.75 Å². The number of nitrogens with zero attached hydrogens (tertiary/aromatic N) is 1. The summed E-state index contributed by atoms with van der Waals surface area (Å²) in [7, 11) is 5.82. The van der Waals surface area contributed by atoms with Gasteiger partial charge < -0.3 is 14.6 Å². The summed E-state index contributed by atoms with van der Waals surface area (Å²) in [6.07, 6.45) is 4.49. The van der Waals surface area contributed by atoms with Gasteiger partial charge in [0.25, 0.3) is 0 Å². The van der Waals surface area contributed by atoms with E-state index in [1.54, 1.807) is 7.11 Å². The number of ether oxygens (including phenoxy) is 1. The highest BCUT2D eigenvalue weighted by Gasteiger charge is 2.11. The summed E-state index contributed by atoms with van der Waals surface area (Å²) in [6.45, 7) is 3.17. The molecule has 18 heavy (non-hydrogen) atoms. The molecule has 3 nitrogen and oxygen atoms in total. The Morgan fingerprint density at radius 1 is 1.33 bits per heavy atom. The molecule has 0 fully saturated rings. The van der Waals surface area contributed by atoms with E-state index < -0.39 is 0 Å². The van der Waals surface area contributed by atoms with Crippen molar-refractivity contribution in [2.45, 2.75) is 19.8 Å². The molecule has 0 bridgehead atoms. The maximum atomic E-state index is 5.49. The molecule has 1 aromatic carbocycles. The second-order valence-corrected chi connectivity index (χ2v) is 4.84. The van der Waals surface area contributed by atoms with E-state index >= 15 is 0 Å². The van der Waals surface area contributed by atoms with Crippen LogP contribution in [0.3, 0.4) is 0 Å². The topological polar surface area (TPSA) is 26.2 Å². The van der Waals surface area contributed by atoms with Gasteiger partial charge in [0, 0.05) is 18.6 Å². The summed E-state index contributed by atoms with van der Waals surface area (Å²) in [5, 5.41) is 4.52. The van der Waals surface area contributed by atoms with Crippen LogP contribution < -0.4 is 10.1 Å². The van der Waals surface area contributed by atoms with Crippen LogP contribution in [0.2, 0.25) is 0 Å². The fraction of sp³-hybridized carbons (Fsp3) is 0.467. The molecule has 0 atom stereocenters. The second kappa shape index (κ2) is 5.44. The zero-order chi connectivity index (χ0) is 13.1. The number of aryl methyl sites for hydroxylation is 3. The summed E-state index contributed by atoms with van der Waals surface area (Å²) >= 11 is 0. The lowest BCUT2D eigenvalue weighted by atomic mass is 10.1. The number of benzene rings is 1. The first kappa shape index (κ1) is 13.0. The average Bonchev–Trinajstić information content (AvgIpc) is 2.66. The number of fused-ring (bicyclic) bond motifs is 1. The van der Waals surface area contributed by atoms with Crippen LogP contribution in [0, 0.1) is 6.92 Å². The first-order valence-electron chi connectivity index (χ1n) is 6.44. The molecule has 0 aliphatic heterocycles. The summed E-state index contributed by atoms with van der Waals surface area (Å²) < 4.78 is 7.66. The van der Waals surface area contributed by atoms with E-state index in [0.717, 1.165) is 25.1 Å². The van der Waals surface area contributed by atoms with Crippen LogP contribution in [-0.2, 0) is 13.5 Å². The molecule has 0 saturated carbocycles. The zero-order valence-electron chi connectivity index (χ0n) is 11.7. The van der Waals surface area contributed by atoms with Crippen LogP contribution in [0.25, 0.3) is 10.9 Å². The maximum Gasteiger partial charge on any atom is 0.143 e. The van der Waals surface area contributed by atoms with Crippen LogP contribution in [0.4, 0.5) is 0 Å². The molecule has 2 aromatic rings. The second-order valence-electron chi connectivity index (χ2n) is 4.84. The van der Waals surface area contributed by atoms with Gasteiger partial charge in [-0.2, -0.15) is 0 Å². The number of rotatable bonds is 5. The Hall–Kier alpha value is -1.48. The summed E-state index contributed by atoms with van der Waals surface area (Å²) in [6, 6.07) is 4.35. The first-order chi connectivity index (χ1) is 8.67. The van der Waals surface area contributed by atoms with E-state index in [9.17, 15) is 0 Å². The molecule has 0 amide bonds. The number of hydrogen-bond donors (Lipinski definition) is 1. The minimum atomic E-state index is 0.965. The number of nitrogens with one attached hydrogen (secondary N) is 1. The molecule has 0 unspecified atom stereocenters. The Balaban J connectivity index is 2.46. The Morgan fingerprint density at radius 3 is 2.78 bits per heavy atom. The smallest absolute Gasteiger partial charge is 0.143 e. The Kier molecular flexibility index (Phi) is 3.92. The van der Waals surface area contributed by atoms with Crippen LogP contribution in [0.15, 0.2) is 18.3 Å². The van der Waals surface area contributed by atoms with Gasteiger partial charge in [-0.15, -0.1) is 0 Å². The highest BCUT2D eigenvalue weighted by molar-refractivity contribution is 5.89. The van der Waals surface area contributed by atoms with Crippen LogP contribution in [0.5, 0.6) is 5.75 Å². The molecular formula is C15H22N2O. The molecule has 98 valence electrons. The van der Waals surface area contributed by atoms with Gasteiger partial charge in [0.15, 0.2) is 0 Å². The van der Waals surface area contributed by atoms with Gasteiger partial charge in [0.05, 0.1) is 12.6 Å². The largest absolute Gasteiger partial charge is 0.495 e. The van der Waals surface area contributed by atoms with E-state index in [1.807, 2.05) is 7.05 Å². The minimum absolute atomic E-state index is 0.965. The molecule has 0 radical (unpaired) electrons. The molecule has 1 aromatic heterocycles. The van der Waals surface area contributed by atoms with Crippen molar-refractivity contribution in [1.82, 2.24) is 9.88 Å². The summed E-state index contributed by atoms with van der Waals surface area (Å²) in [5.41, 5.74) is 3.85. The predicted molar refractivity (Wildman–Crippen MR) is 76.5 cm³/mol. The molecule has 0 spiro atoms. The highest BCUT2D eigenvalue weighted by Crippen LogP contribution is 2.31. The number of hydrogen-bond acceptors (Lipinski definition) is 2. The van der Waals surface area contributed by atoms with Crippen LogP contribution in [0.1, 0.15) is 17.5 Å². The fourth-order valence-electron chi connectivity index (χ4n) is 2.53. The van der Waals surface area contributed by atoms with E-state index in [-0.39, 0.29) is 0 Å². The maximum absolute atomic E-state index is 5.49. The van der Waals surface area contributed by atoms with E-state index in [2.05, 4.69) is 42.2 Å². The van der Waals surface area contributed by atoms with Gasteiger partial charge in [-0.05, 0) is 56.6 Å². The van der Waals surface area contributed by atoms with Gasteiger partial charge in [0.2, 0.25) is 0 Å². The lowest BCUT2D eigenvalue weighted by Gasteiger charge is -2.06. The minimum Gasteiger partial charge on any atom is -0.495 e. The fourth-order valence-corrected chi connectivity index (χ4v) is 2.53. The van der Waals surface area contributed by atoms with Gasteiger partial charge in [-0.1, -0.05) is 0 Å². The normalized spacial score (nSPS) is 11.1. The van der Waals surface area contributed by atoms with Crippen molar-refractivity contribution < 1.29 is 4.74 Å². The van der Waals surface area contributed by atoms with Crippen molar-refractivity contribution in [2.24, 2.45) is 7.05 Å². The van der Waals surface area contributed by atoms with Gasteiger partial charge >= 0.3 is 0 Å². The standard InChI is InChI=1S/C15H22N2O/c1-11-8-13-12(6-5-7-16-2)10-17(3)15(13)14(9-11)18-4/h8-10,16H,5-7H2,1-4H3.